The molecule has 1 atom stereocenters. The highest BCUT2D eigenvalue weighted by Gasteiger charge is 2.31. The monoisotopic (exact) mass is 357 g/mol. The van der Waals surface area contributed by atoms with Crippen LogP contribution >= 0.6 is 12.6 Å². The van der Waals surface area contributed by atoms with Gasteiger partial charge in [0.25, 0.3) is 0 Å². The van der Waals surface area contributed by atoms with Crippen molar-refractivity contribution in [3.63, 3.8) is 0 Å². The summed E-state index contributed by atoms with van der Waals surface area (Å²) >= 11 is 3.53. The van der Waals surface area contributed by atoms with Crippen molar-refractivity contribution >= 4 is 12.6 Å². The SMILES string of the molecule is CC1(C)OCC(CN)O1.CN.CN1CCc2ccccc2C1.CS. The molecule has 0 aliphatic carbocycles. The van der Waals surface area contributed by atoms with Crippen molar-refractivity contribution < 1.29 is 9.47 Å². The van der Waals surface area contributed by atoms with Crippen LogP contribution in [0.4, 0.5) is 0 Å². The van der Waals surface area contributed by atoms with Crippen molar-refractivity contribution in [2.24, 2.45) is 11.5 Å². The van der Waals surface area contributed by atoms with E-state index in [4.69, 9.17) is 15.2 Å². The van der Waals surface area contributed by atoms with Crippen LogP contribution in [0.25, 0.3) is 0 Å². The summed E-state index contributed by atoms with van der Waals surface area (Å²) in [5, 5.41) is 0. The zero-order chi connectivity index (χ0) is 18.6. The normalized spacial score (nSPS) is 21.1. The summed E-state index contributed by atoms with van der Waals surface area (Å²) in [6, 6.07) is 8.72. The Hall–Kier alpha value is -0.630. The minimum Gasteiger partial charge on any atom is -0.348 e. The first-order valence-electron chi connectivity index (χ1n) is 8.30. The number of ether oxygens (including phenoxy) is 2. The first-order chi connectivity index (χ1) is 11.5. The van der Waals surface area contributed by atoms with Gasteiger partial charge in [0.1, 0.15) is 0 Å². The van der Waals surface area contributed by atoms with Crippen molar-refractivity contribution in [1.82, 2.24) is 4.90 Å². The molecule has 6 heteroatoms. The van der Waals surface area contributed by atoms with Gasteiger partial charge in [-0.15, -0.1) is 0 Å². The van der Waals surface area contributed by atoms with Crippen molar-refractivity contribution in [2.45, 2.75) is 38.7 Å². The summed E-state index contributed by atoms with van der Waals surface area (Å²) < 4.78 is 10.6. The third kappa shape index (κ3) is 8.46. The quantitative estimate of drug-likeness (QED) is 0.670. The lowest BCUT2D eigenvalue weighted by molar-refractivity contribution is -0.137. The van der Waals surface area contributed by atoms with Gasteiger partial charge >= 0.3 is 0 Å². The van der Waals surface area contributed by atoms with Crippen molar-refractivity contribution in [3.8, 4) is 0 Å². The van der Waals surface area contributed by atoms with Crippen LogP contribution < -0.4 is 11.5 Å². The van der Waals surface area contributed by atoms with E-state index in [9.17, 15) is 0 Å². The summed E-state index contributed by atoms with van der Waals surface area (Å²) in [6.45, 7) is 7.28. The van der Waals surface area contributed by atoms with E-state index in [0.29, 0.717) is 13.2 Å². The molecule has 0 aromatic heterocycles. The van der Waals surface area contributed by atoms with Gasteiger partial charge in [-0.2, -0.15) is 12.6 Å². The van der Waals surface area contributed by atoms with Crippen LogP contribution in [-0.4, -0.2) is 56.8 Å². The Bertz CT molecular complexity index is 444. The topological polar surface area (TPSA) is 73.7 Å². The second-order valence-corrected chi connectivity index (χ2v) is 5.94. The van der Waals surface area contributed by atoms with Gasteiger partial charge in [-0.25, -0.2) is 0 Å². The van der Waals surface area contributed by atoms with Crippen LogP contribution in [0.3, 0.4) is 0 Å². The number of rotatable bonds is 1. The smallest absolute Gasteiger partial charge is 0.163 e. The van der Waals surface area contributed by atoms with Crippen molar-refractivity contribution in [1.29, 1.82) is 0 Å². The molecule has 0 spiro atoms. The van der Waals surface area contributed by atoms with Gasteiger partial charge in [0.2, 0.25) is 0 Å². The molecular formula is C18H35N3O2S. The zero-order valence-corrected chi connectivity index (χ0v) is 16.7. The minimum absolute atomic E-state index is 0.0972. The van der Waals surface area contributed by atoms with E-state index in [2.05, 4.69) is 54.6 Å². The maximum atomic E-state index is 5.35. The molecule has 1 saturated heterocycles. The van der Waals surface area contributed by atoms with E-state index in [1.807, 2.05) is 13.8 Å². The van der Waals surface area contributed by atoms with Gasteiger partial charge in [0.15, 0.2) is 5.79 Å². The lowest BCUT2D eigenvalue weighted by atomic mass is 10.0. The molecule has 2 aliphatic rings. The molecule has 3 rings (SSSR count). The van der Waals surface area contributed by atoms with Crippen LogP contribution in [0, 0.1) is 0 Å². The van der Waals surface area contributed by atoms with E-state index in [1.54, 1.807) is 6.26 Å². The maximum Gasteiger partial charge on any atom is 0.163 e. The Morgan fingerprint density at radius 1 is 1.21 bits per heavy atom. The fraction of sp³-hybridized carbons (Fsp3) is 0.667. The van der Waals surface area contributed by atoms with Gasteiger partial charge in [0.05, 0.1) is 12.7 Å². The molecule has 2 aliphatic heterocycles. The van der Waals surface area contributed by atoms with Gasteiger partial charge in [-0.05, 0) is 51.7 Å². The molecule has 1 aromatic carbocycles. The molecule has 0 amide bonds. The van der Waals surface area contributed by atoms with Crippen LogP contribution in [0.15, 0.2) is 24.3 Å². The maximum absolute atomic E-state index is 5.35. The molecule has 2 heterocycles. The van der Waals surface area contributed by atoms with Gasteiger partial charge in [-0.1, -0.05) is 24.3 Å². The van der Waals surface area contributed by atoms with E-state index in [1.165, 1.54) is 31.1 Å². The molecule has 24 heavy (non-hydrogen) atoms. The van der Waals surface area contributed by atoms with E-state index < -0.39 is 5.79 Å². The number of hydrogen-bond acceptors (Lipinski definition) is 6. The predicted octanol–water partition coefficient (Wildman–Crippen LogP) is 1.89. The highest BCUT2D eigenvalue weighted by atomic mass is 32.1. The van der Waals surface area contributed by atoms with Crippen LogP contribution in [0.1, 0.15) is 25.0 Å². The number of thiol groups is 1. The second kappa shape index (κ2) is 12.7. The third-order valence-corrected chi connectivity index (χ3v) is 3.65. The standard InChI is InChI=1S/C10H13N.C6H13NO2.CH5N.CH4S/c1-11-7-6-9-4-2-3-5-10(9)8-11;1-6(2)8-4-5(3-7)9-6;2*1-2/h2-5H,6-8H2,1H3;5H,3-4,7H2,1-2H3;2H2,1H3;2H,1H3. The van der Waals surface area contributed by atoms with Gasteiger partial charge < -0.3 is 25.8 Å². The Balaban J connectivity index is 0.000000371. The number of likely N-dealkylation sites (N-methyl/N-ethyl adjacent to an activating group) is 1. The Labute approximate surface area is 153 Å². The molecular weight excluding hydrogens is 322 g/mol. The minimum atomic E-state index is -0.413. The molecule has 0 saturated carbocycles. The molecule has 1 unspecified atom stereocenters. The second-order valence-electron chi connectivity index (χ2n) is 5.94. The fourth-order valence-corrected chi connectivity index (χ4v) is 2.52. The molecule has 1 fully saturated rings. The van der Waals surface area contributed by atoms with Crippen LogP contribution in [-0.2, 0) is 22.4 Å². The number of nitrogens with zero attached hydrogens (tertiary/aromatic N) is 1. The zero-order valence-electron chi connectivity index (χ0n) is 15.8. The van der Waals surface area contributed by atoms with Crippen LogP contribution in [0.2, 0.25) is 0 Å². The molecule has 0 radical (unpaired) electrons. The van der Waals surface area contributed by atoms with E-state index >= 15 is 0 Å². The first-order valence-corrected chi connectivity index (χ1v) is 9.19. The first kappa shape index (κ1) is 23.4. The molecule has 140 valence electrons. The summed E-state index contributed by atoms with van der Waals surface area (Å²) in [5.41, 5.74) is 12.9. The molecule has 1 aromatic rings. The average molecular weight is 358 g/mol. The van der Waals surface area contributed by atoms with Crippen LogP contribution in [0.5, 0.6) is 0 Å². The Kier molecular flexibility index (Phi) is 12.4. The summed E-state index contributed by atoms with van der Waals surface area (Å²) in [7, 11) is 3.68. The largest absolute Gasteiger partial charge is 0.348 e. The molecule has 5 nitrogen and oxygen atoms in total. The fourth-order valence-electron chi connectivity index (χ4n) is 2.52. The van der Waals surface area contributed by atoms with Gasteiger partial charge in [0, 0.05) is 19.6 Å². The summed E-state index contributed by atoms with van der Waals surface area (Å²) in [6.07, 6.45) is 3.01. The lowest BCUT2D eigenvalue weighted by Crippen LogP contribution is -2.26. The highest BCUT2D eigenvalue weighted by molar-refractivity contribution is 7.79. The number of nitrogens with two attached hydrogens (primary N) is 2. The number of benzene rings is 1. The summed E-state index contributed by atoms with van der Waals surface area (Å²) in [5.74, 6) is -0.413. The Morgan fingerprint density at radius 2 is 1.79 bits per heavy atom. The third-order valence-electron chi connectivity index (χ3n) is 3.65. The lowest BCUT2D eigenvalue weighted by Gasteiger charge is -2.24. The Morgan fingerprint density at radius 3 is 2.25 bits per heavy atom. The molecule has 0 bridgehead atoms. The number of fused-ring (bicyclic) bond motifs is 1. The van der Waals surface area contributed by atoms with Gasteiger partial charge in [-0.3, -0.25) is 0 Å². The predicted molar refractivity (Wildman–Crippen MR) is 105 cm³/mol. The molecule has 4 N–H and O–H groups in total. The van der Waals surface area contributed by atoms with E-state index in [0.717, 1.165) is 6.54 Å². The van der Waals surface area contributed by atoms with Crippen molar-refractivity contribution in [3.05, 3.63) is 35.4 Å². The van der Waals surface area contributed by atoms with E-state index in [-0.39, 0.29) is 6.10 Å². The summed E-state index contributed by atoms with van der Waals surface area (Å²) in [4.78, 5) is 2.36. The average Bonchev–Trinajstić information content (AvgIpc) is 2.98. The highest BCUT2D eigenvalue weighted by Crippen LogP contribution is 2.21. The van der Waals surface area contributed by atoms with Crippen molar-refractivity contribution in [2.75, 3.05) is 40.0 Å². The number of hydrogen-bond donors (Lipinski definition) is 3.